The molecule has 7 nitrogen and oxygen atoms in total. The summed E-state index contributed by atoms with van der Waals surface area (Å²) in [6.45, 7) is 6.19. The first-order valence-electron chi connectivity index (χ1n) is 9.11. The number of hydrogen-bond donors (Lipinski definition) is 1. The van der Waals surface area contributed by atoms with Crippen molar-refractivity contribution in [3.8, 4) is 11.8 Å². The first kappa shape index (κ1) is 22.4. The van der Waals surface area contributed by atoms with Crippen LogP contribution < -0.4 is 4.72 Å². The van der Waals surface area contributed by atoms with Crippen molar-refractivity contribution in [1.29, 1.82) is 5.26 Å². The maximum Gasteiger partial charge on any atom is 0.264 e. The van der Waals surface area contributed by atoms with Gasteiger partial charge in [-0.1, -0.05) is 17.7 Å². The third kappa shape index (κ3) is 5.79. The van der Waals surface area contributed by atoms with Crippen molar-refractivity contribution in [2.24, 2.45) is 0 Å². The number of nitrogens with zero attached hydrogens (tertiary/aromatic N) is 3. The van der Waals surface area contributed by atoms with E-state index in [1.165, 1.54) is 17.5 Å². The molecule has 0 aliphatic rings. The molecule has 154 valence electrons. The van der Waals surface area contributed by atoms with Crippen LogP contribution in [-0.2, 0) is 14.8 Å². The molecule has 8 heteroatoms. The Morgan fingerprint density at radius 2 is 1.86 bits per heavy atom. The average molecular weight is 415 g/mol. The lowest BCUT2D eigenvalue weighted by Crippen LogP contribution is -2.36. The Morgan fingerprint density at radius 1 is 1.24 bits per heavy atom. The number of rotatable bonds is 7. The van der Waals surface area contributed by atoms with Crippen molar-refractivity contribution < 1.29 is 13.2 Å². The number of aromatic nitrogens is 1. The van der Waals surface area contributed by atoms with Gasteiger partial charge in [0.05, 0.1) is 6.26 Å². The number of sulfonamides is 1. The molecule has 2 rings (SSSR count). The summed E-state index contributed by atoms with van der Waals surface area (Å²) in [6.07, 6.45) is 2.63. The van der Waals surface area contributed by atoms with Crippen LogP contribution in [0.25, 0.3) is 11.8 Å². The van der Waals surface area contributed by atoms with Gasteiger partial charge in [-0.25, -0.2) is 13.1 Å². The van der Waals surface area contributed by atoms with E-state index in [4.69, 9.17) is 0 Å². The normalized spacial score (nSPS) is 11.9. The zero-order chi connectivity index (χ0) is 21.8. The number of hydrogen-bond acceptors (Lipinski definition) is 4. The minimum atomic E-state index is -3.33. The summed E-state index contributed by atoms with van der Waals surface area (Å²) in [5.41, 5.74) is 4.88. The summed E-state index contributed by atoms with van der Waals surface area (Å²) in [7, 11) is -1.79. The van der Waals surface area contributed by atoms with E-state index in [9.17, 15) is 18.5 Å². The van der Waals surface area contributed by atoms with E-state index in [2.05, 4.69) is 9.29 Å². The molecule has 0 fully saturated rings. The Balaban J connectivity index is 2.27. The van der Waals surface area contributed by atoms with E-state index in [1.54, 1.807) is 6.08 Å². The second-order valence-electron chi connectivity index (χ2n) is 7.06. The summed E-state index contributed by atoms with van der Waals surface area (Å²) in [4.78, 5) is 13.9. The predicted molar refractivity (Wildman–Crippen MR) is 114 cm³/mol. The molecule has 1 amide bonds. The molecule has 0 saturated carbocycles. The lowest BCUT2D eigenvalue weighted by molar-refractivity contribution is -0.125. The standard InChI is InChI=1S/C21H26N4O3S/c1-15-6-8-20(9-7-15)25-16(2)12-18(17(25)3)13-19(14-22)21(26)24(4)11-10-23-29(5,27)28/h6-9,12-13,23H,10-11H2,1-5H3. The maximum absolute atomic E-state index is 12.6. The molecular weight excluding hydrogens is 388 g/mol. The van der Waals surface area contributed by atoms with Gasteiger partial charge >= 0.3 is 0 Å². The zero-order valence-corrected chi connectivity index (χ0v) is 18.2. The minimum Gasteiger partial charge on any atom is -0.340 e. The van der Waals surface area contributed by atoms with Gasteiger partial charge in [-0.2, -0.15) is 5.26 Å². The van der Waals surface area contributed by atoms with Crippen molar-refractivity contribution in [1.82, 2.24) is 14.2 Å². The molecule has 1 aromatic heterocycles. The number of amides is 1. The van der Waals surface area contributed by atoms with Crippen LogP contribution in [0.3, 0.4) is 0 Å². The van der Waals surface area contributed by atoms with E-state index in [-0.39, 0.29) is 18.7 Å². The number of aryl methyl sites for hydroxylation is 2. The molecule has 29 heavy (non-hydrogen) atoms. The lowest BCUT2D eigenvalue weighted by atomic mass is 10.1. The highest BCUT2D eigenvalue weighted by atomic mass is 32.2. The molecule has 0 aliphatic heterocycles. The minimum absolute atomic E-state index is 0.00369. The number of nitrogens with one attached hydrogen (secondary N) is 1. The fraction of sp³-hybridized carbons (Fsp3) is 0.333. The molecule has 0 aliphatic carbocycles. The molecular formula is C21H26N4O3S. The summed E-state index contributed by atoms with van der Waals surface area (Å²) >= 11 is 0. The predicted octanol–water partition coefficient (Wildman–Crippen LogP) is 2.32. The van der Waals surface area contributed by atoms with Crippen molar-refractivity contribution in [2.45, 2.75) is 20.8 Å². The van der Waals surface area contributed by atoms with Crippen LogP contribution >= 0.6 is 0 Å². The van der Waals surface area contributed by atoms with Crippen molar-refractivity contribution in [3.63, 3.8) is 0 Å². The largest absolute Gasteiger partial charge is 0.340 e. The summed E-state index contributed by atoms with van der Waals surface area (Å²) in [6, 6.07) is 12.0. The van der Waals surface area contributed by atoms with Crippen molar-refractivity contribution in [3.05, 3.63) is 58.4 Å². The highest BCUT2D eigenvalue weighted by Gasteiger charge is 2.17. The summed E-state index contributed by atoms with van der Waals surface area (Å²) in [5.74, 6) is -0.456. The molecule has 0 unspecified atom stereocenters. The quantitative estimate of drug-likeness (QED) is 0.556. The van der Waals surface area contributed by atoms with E-state index in [0.717, 1.165) is 28.9 Å². The molecule has 1 aromatic carbocycles. The van der Waals surface area contributed by atoms with Crippen LogP contribution in [0.5, 0.6) is 0 Å². The third-order valence-electron chi connectivity index (χ3n) is 4.57. The maximum atomic E-state index is 12.6. The van der Waals surface area contributed by atoms with Crippen LogP contribution in [-0.4, -0.2) is 50.2 Å². The van der Waals surface area contributed by atoms with Crippen LogP contribution in [0.2, 0.25) is 0 Å². The van der Waals surface area contributed by atoms with E-state index < -0.39 is 15.9 Å². The van der Waals surface area contributed by atoms with Gasteiger partial charge in [-0.05, 0) is 50.6 Å². The average Bonchev–Trinajstić information content (AvgIpc) is 2.92. The fourth-order valence-corrected chi connectivity index (χ4v) is 3.49. The smallest absolute Gasteiger partial charge is 0.264 e. The number of benzene rings is 1. The third-order valence-corrected chi connectivity index (χ3v) is 5.30. The molecule has 0 spiro atoms. The van der Waals surface area contributed by atoms with Crippen LogP contribution in [0, 0.1) is 32.1 Å². The van der Waals surface area contributed by atoms with Gasteiger partial charge < -0.3 is 9.47 Å². The Labute approximate surface area is 172 Å². The highest BCUT2D eigenvalue weighted by molar-refractivity contribution is 7.88. The second-order valence-corrected chi connectivity index (χ2v) is 8.89. The number of likely N-dealkylation sites (N-methyl/N-ethyl adjacent to an activating group) is 1. The van der Waals surface area contributed by atoms with Gasteiger partial charge in [-0.3, -0.25) is 4.79 Å². The molecule has 1 N–H and O–H groups in total. The Hall–Kier alpha value is -2.89. The van der Waals surface area contributed by atoms with Crippen molar-refractivity contribution in [2.75, 3.05) is 26.4 Å². The van der Waals surface area contributed by atoms with Gasteiger partial charge in [0.25, 0.3) is 5.91 Å². The Kier molecular flexibility index (Phi) is 7.01. The molecule has 1 heterocycles. The van der Waals surface area contributed by atoms with E-state index in [0.29, 0.717) is 0 Å². The zero-order valence-electron chi connectivity index (χ0n) is 17.4. The molecule has 2 aromatic rings. The van der Waals surface area contributed by atoms with Gasteiger partial charge in [0.2, 0.25) is 10.0 Å². The fourth-order valence-electron chi connectivity index (χ4n) is 3.03. The lowest BCUT2D eigenvalue weighted by Gasteiger charge is -2.16. The number of carbonyl (C=O) groups excluding carboxylic acids is 1. The van der Waals surface area contributed by atoms with Gasteiger partial charge in [-0.15, -0.1) is 0 Å². The van der Waals surface area contributed by atoms with Crippen LogP contribution in [0.4, 0.5) is 0 Å². The van der Waals surface area contributed by atoms with E-state index >= 15 is 0 Å². The van der Waals surface area contributed by atoms with E-state index in [1.807, 2.05) is 57.2 Å². The van der Waals surface area contributed by atoms with Gasteiger partial charge in [0, 0.05) is 37.2 Å². The van der Waals surface area contributed by atoms with Gasteiger partial charge in [0.15, 0.2) is 0 Å². The first-order chi connectivity index (χ1) is 13.5. The SMILES string of the molecule is Cc1ccc(-n2c(C)cc(C=C(C#N)C(=O)N(C)CCNS(C)(=O)=O)c2C)cc1. The number of carbonyl (C=O) groups is 1. The molecule has 0 bridgehead atoms. The second kappa shape index (κ2) is 9.07. The molecule has 0 atom stereocenters. The molecule has 0 saturated heterocycles. The number of nitriles is 1. The monoisotopic (exact) mass is 414 g/mol. The molecule has 0 radical (unpaired) electrons. The Morgan fingerprint density at radius 3 is 2.41 bits per heavy atom. The first-order valence-corrected chi connectivity index (χ1v) is 11.0. The van der Waals surface area contributed by atoms with Crippen LogP contribution in [0.1, 0.15) is 22.5 Å². The van der Waals surface area contributed by atoms with Gasteiger partial charge in [0.1, 0.15) is 11.6 Å². The highest BCUT2D eigenvalue weighted by Crippen LogP contribution is 2.23. The van der Waals surface area contributed by atoms with Crippen molar-refractivity contribution >= 4 is 22.0 Å². The summed E-state index contributed by atoms with van der Waals surface area (Å²) < 4.78 is 26.7. The topological polar surface area (TPSA) is 95.2 Å². The summed E-state index contributed by atoms with van der Waals surface area (Å²) in [5, 5.41) is 9.49. The van der Waals surface area contributed by atoms with Crippen LogP contribution in [0.15, 0.2) is 35.9 Å². The Bertz CT molecular complexity index is 1070.